The van der Waals surface area contributed by atoms with E-state index in [1.54, 1.807) is 0 Å². The first kappa shape index (κ1) is 14.0. The molecular formula is C17H26N2O. The van der Waals surface area contributed by atoms with Crippen LogP contribution < -0.4 is 0 Å². The summed E-state index contributed by atoms with van der Waals surface area (Å²) in [5.41, 5.74) is 2.34. The van der Waals surface area contributed by atoms with Crippen molar-refractivity contribution in [2.75, 3.05) is 26.2 Å². The molecule has 0 spiro atoms. The van der Waals surface area contributed by atoms with Crippen LogP contribution in [0.3, 0.4) is 0 Å². The molecule has 1 aliphatic heterocycles. The molecule has 1 aromatic rings. The van der Waals surface area contributed by atoms with E-state index in [9.17, 15) is 0 Å². The summed E-state index contributed by atoms with van der Waals surface area (Å²) in [5.74, 6) is 0.889. The van der Waals surface area contributed by atoms with Gasteiger partial charge >= 0.3 is 0 Å². The molecule has 2 heterocycles. The van der Waals surface area contributed by atoms with Gasteiger partial charge < -0.3 is 9.64 Å². The number of rotatable bonds is 6. The summed E-state index contributed by atoms with van der Waals surface area (Å²) in [5, 5.41) is 0. The highest BCUT2D eigenvalue weighted by molar-refractivity contribution is 5.10. The van der Waals surface area contributed by atoms with E-state index in [0.29, 0.717) is 6.10 Å². The zero-order valence-electron chi connectivity index (χ0n) is 12.6. The van der Waals surface area contributed by atoms with E-state index >= 15 is 0 Å². The lowest BCUT2D eigenvalue weighted by atomic mass is 10.1. The van der Waals surface area contributed by atoms with Crippen molar-refractivity contribution in [2.24, 2.45) is 5.92 Å². The van der Waals surface area contributed by atoms with Crippen molar-refractivity contribution in [3.05, 3.63) is 29.6 Å². The van der Waals surface area contributed by atoms with Crippen LogP contribution in [0, 0.1) is 12.8 Å². The molecule has 110 valence electrons. The highest BCUT2D eigenvalue weighted by Gasteiger charge is 2.25. The standard InChI is InChI=1S/C17H26N2O/c1-14-3-2-4-16(18-14)7-10-19-11-8-17(9-12-19)20-13-15-5-6-15/h2-4,15,17H,5-13H2,1H3. The summed E-state index contributed by atoms with van der Waals surface area (Å²) >= 11 is 0. The Morgan fingerprint density at radius 3 is 2.70 bits per heavy atom. The molecule has 0 atom stereocenters. The van der Waals surface area contributed by atoms with Gasteiger partial charge in [-0.2, -0.15) is 0 Å². The van der Waals surface area contributed by atoms with Crippen LogP contribution in [-0.2, 0) is 11.2 Å². The quantitative estimate of drug-likeness (QED) is 0.797. The molecule has 0 unspecified atom stereocenters. The Hall–Kier alpha value is -0.930. The van der Waals surface area contributed by atoms with Gasteiger partial charge in [-0.3, -0.25) is 4.98 Å². The smallest absolute Gasteiger partial charge is 0.0599 e. The molecule has 2 fully saturated rings. The Balaban J connectivity index is 1.35. The number of hydrogen-bond acceptors (Lipinski definition) is 3. The van der Waals surface area contributed by atoms with Crippen LogP contribution in [0.5, 0.6) is 0 Å². The summed E-state index contributed by atoms with van der Waals surface area (Å²) in [6.07, 6.45) is 6.77. The minimum Gasteiger partial charge on any atom is -0.378 e. The number of aryl methyl sites for hydroxylation is 1. The zero-order valence-corrected chi connectivity index (χ0v) is 12.6. The van der Waals surface area contributed by atoms with E-state index < -0.39 is 0 Å². The van der Waals surface area contributed by atoms with E-state index in [1.165, 1.54) is 44.5 Å². The number of ether oxygens (including phenoxy) is 1. The van der Waals surface area contributed by atoms with E-state index in [-0.39, 0.29) is 0 Å². The van der Waals surface area contributed by atoms with Crippen molar-refractivity contribution >= 4 is 0 Å². The number of hydrogen-bond donors (Lipinski definition) is 0. The zero-order chi connectivity index (χ0) is 13.8. The molecule has 0 N–H and O–H groups in total. The summed E-state index contributed by atoms with van der Waals surface area (Å²) < 4.78 is 5.99. The molecule has 0 aromatic carbocycles. The van der Waals surface area contributed by atoms with Gasteiger partial charge in [0.2, 0.25) is 0 Å². The lowest BCUT2D eigenvalue weighted by Gasteiger charge is -2.31. The van der Waals surface area contributed by atoms with Gasteiger partial charge in [-0.05, 0) is 50.7 Å². The Labute approximate surface area is 122 Å². The highest BCUT2D eigenvalue weighted by Crippen LogP contribution is 2.30. The van der Waals surface area contributed by atoms with Crippen LogP contribution in [0.4, 0.5) is 0 Å². The molecule has 20 heavy (non-hydrogen) atoms. The summed E-state index contributed by atoms with van der Waals surface area (Å²) in [7, 11) is 0. The highest BCUT2D eigenvalue weighted by atomic mass is 16.5. The normalized spacial score (nSPS) is 21.2. The Kier molecular flexibility index (Phi) is 4.69. The predicted molar refractivity (Wildman–Crippen MR) is 80.8 cm³/mol. The molecule has 2 aliphatic rings. The van der Waals surface area contributed by atoms with Crippen LogP contribution >= 0.6 is 0 Å². The van der Waals surface area contributed by atoms with Gasteiger partial charge in [0.15, 0.2) is 0 Å². The maximum Gasteiger partial charge on any atom is 0.0599 e. The van der Waals surface area contributed by atoms with Crippen LogP contribution in [-0.4, -0.2) is 42.2 Å². The number of nitrogens with zero attached hydrogens (tertiary/aromatic N) is 2. The number of aromatic nitrogens is 1. The van der Waals surface area contributed by atoms with Crippen molar-refractivity contribution in [1.29, 1.82) is 0 Å². The van der Waals surface area contributed by atoms with Crippen molar-refractivity contribution in [1.82, 2.24) is 9.88 Å². The second-order valence-electron chi connectivity index (χ2n) is 6.34. The molecule has 0 amide bonds. The topological polar surface area (TPSA) is 25.4 Å². The Morgan fingerprint density at radius 2 is 2.00 bits per heavy atom. The van der Waals surface area contributed by atoms with Gasteiger partial charge in [-0.25, -0.2) is 0 Å². The summed E-state index contributed by atoms with van der Waals surface area (Å²) in [6.45, 7) is 6.57. The first-order valence-electron chi connectivity index (χ1n) is 8.06. The van der Waals surface area contributed by atoms with Crippen LogP contribution in [0.2, 0.25) is 0 Å². The second kappa shape index (κ2) is 6.68. The fourth-order valence-corrected chi connectivity index (χ4v) is 2.87. The molecule has 1 aliphatic carbocycles. The minimum atomic E-state index is 0.518. The molecule has 1 aromatic heterocycles. The van der Waals surface area contributed by atoms with Gasteiger partial charge in [0.05, 0.1) is 6.10 Å². The second-order valence-corrected chi connectivity index (χ2v) is 6.34. The Bertz CT molecular complexity index is 423. The first-order chi connectivity index (χ1) is 9.79. The van der Waals surface area contributed by atoms with Crippen LogP contribution in [0.15, 0.2) is 18.2 Å². The van der Waals surface area contributed by atoms with Crippen LogP contribution in [0.25, 0.3) is 0 Å². The molecule has 1 saturated carbocycles. The molecule has 0 radical (unpaired) electrons. The first-order valence-corrected chi connectivity index (χ1v) is 8.06. The number of piperidine rings is 1. The summed E-state index contributed by atoms with van der Waals surface area (Å²) in [6, 6.07) is 6.31. The average molecular weight is 274 g/mol. The monoisotopic (exact) mass is 274 g/mol. The number of likely N-dealkylation sites (tertiary alicyclic amines) is 1. The van der Waals surface area contributed by atoms with Gasteiger partial charge in [-0.1, -0.05) is 6.07 Å². The van der Waals surface area contributed by atoms with Crippen molar-refractivity contribution in [3.8, 4) is 0 Å². The van der Waals surface area contributed by atoms with Crippen LogP contribution in [0.1, 0.15) is 37.1 Å². The lowest BCUT2D eigenvalue weighted by Crippen LogP contribution is -2.38. The maximum absolute atomic E-state index is 5.99. The van der Waals surface area contributed by atoms with E-state index in [4.69, 9.17) is 4.74 Å². The van der Waals surface area contributed by atoms with Gasteiger partial charge in [0.25, 0.3) is 0 Å². The van der Waals surface area contributed by atoms with E-state index in [1.807, 2.05) is 0 Å². The largest absolute Gasteiger partial charge is 0.378 e. The predicted octanol–water partition coefficient (Wildman–Crippen LogP) is 2.82. The molecule has 3 nitrogen and oxygen atoms in total. The summed E-state index contributed by atoms with van der Waals surface area (Å²) in [4.78, 5) is 7.13. The third kappa shape index (κ3) is 4.29. The third-order valence-electron chi connectivity index (χ3n) is 4.43. The minimum absolute atomic E-state index is 0.518. The third-order valence-corrected chi connectivity index (χ3v) is 4.43. The van der Waals surface area contributed by atoms with Crippen molar-refractivity contribution in [2.45, 2.75) is 45.1 Å². The van der Waals surface area contributed by atoms with Gasteiger partial charge in [-0.15, -0.1) is 0 Å². The molecular weight excluding hydrogens is 248 g/mol. The molecule has 0 bridgehead atoms. The van der Waals surface area contributed by atoms with Gasteiger partial charge in [0, 0.05) is 44.0 Å². The Morgan fingerprint density at radius 1 is 1.20 bits per heavy atom. The molecule has 3 rings (SSSR count). The van der Waals surface area contributed by atoms with Gasteiger partial charge in [0.1, 0.15) is 0 Å². The van der Waals surface area contributed by atoms with E-state index in [0.717, 1.165) is 31.2 Å². The SMILES string of the molecule is Cc1cccc(CCN2CCC(OCC3CC3)CC2)n1. The van der Waals surface area contributed by atoms with Crippen molar-refractivity contribution in [3.63, 3.8) is 0 Å². The molecule has 1 saturated heterocycles. The van der Waals surface area contributed by atoms with E-state index in [2.05, 4.69) is 35.0 Å². The lowest BCUT2D eigenvalue weighted by molar-refractivity contribution is 0.00270. The maximum atomic E-state index is 5.99. The fraction of sp³-hybridized carbons (Fsp3) is 0.706. The van der Waals surface area contributed by atoms with Crippen molar-refractivity contribution < 1.29 is 4.74 Å². The number of pyridine rings is 1. The average Bonchev–Trinajstić information content (AvgIpc) is 3.28. The molecule has 3 heteroatoms. The fourth-order valence-electron chi connectivity index (χ4n) is 2.87.